The molecule has 0 aliphatic carbocycles. The standard InChI is InChI=1S/C22H16ClN5OS/c1-14-19(20(23)28(26-14)17-5-3-2-4-6-17)21(29)24-16-9-7-15(8-10-16)18-13-27-11-12-30-22(27)25-18/h2-13H,1H3,(H,24,29). The second kappa shape index (κ2) is 7.44. The Morgan fingerprint density at radius 2 is 1.87 bits per heavy atom. The van der Waals surface area contributed by atoms with Gasteiger partial charge in [-0.3, -0.25) is 9.20 Å². The van der Waals surface area contributed by atoms with Gasteiger partial charge in [-0.05, 0) is 31.2 Å². The van der Waals surface area contributed by atoms with Crippen molar-refractivity contribution >= 4 is 39.5 Å². The van der Waals surface area contributed by atoms with Gasteiger partial charge < -0.3 is 5.32 Å². The Kier molecular flexibility index (Phi) is 4.61. The maximum absolute atomic E-state index is 12.9. The van der Waals surface area contributed by atoms with Crippen molar-refractivity contribution in [2.75, 3.05) is 5.32 Å². The Bertz CT molecular complexity index is 1320. The lowest BCUT2D eigenvalue weighted by atomic mass is 10.1. The van der Waals surface area contributed by atoms with Gasteiger partial charge in [0.2, 0.25) is 0 Å². The highest BCUT2D eigenvalue weighted by atomic mass is 35.5. The summed E-state index contributed by atoms with van der Waals surface area (Å²) in [6.45, 7) is 1.77. The SMILES string of the molecule is Cc1nn(-c2ccccc2)c(Cl)c1C(=O)Nc1ccc(-c2cn3ccsc3n2)cc1. The maximum Gasteiger partial charge on any atom is 0.260 e. The molecule has 2 aromatic carbocycles. The van der Waals surface area contributed by atoms with Gasteiger partial charge in [-0.2, -0.15) is 5.10 Å². The molecule has 5 aromatic rings. The lowest BCUT2D eigenvalue weighted by Gasteiger charge is -2.06. The van der Waals surface area contributed by atoms with E-state index in [0.717, 1.165) is 21.9 Å². The fourth-order valence-corrected chi connectivity index (χ4v) is 4.34. The molecule has 30 heavy (non-hydrogen) atoms. The van der Waals surface area contributed by atoms with E-state index >= 15 is 0 Å². The summed E-state index contributed by atoms with van der Waals surface area (Å²) < 4.78 is 3.56. The Hall–Kier alpha value is -3.42. The van der Waals surface area contributed by atoms with Crippen molar-refractivity contribution in [1.82, 2.24) is 19.2 Å². The lowest BCUT2D eigenvalue weighted by molar-refractivity contribution is 0.102. The van der Waals surface area contributed by atoms with Gasteiger partial charge in [0.25, 0.3) is 5.91 Å². The number of fused-ring (bicyclic) bond motifs is 1. The van der Waals surface area contributed by atoms with Crippen molar-refractivity contribution in [3.05, 3.63) is 88.8 Å². The second-order valence-electron chi connectivity index (χ2n) is 6.75. The van der Waals surface area contributed by atoms with Crippen LogP contribution in [0.2, 0.25) is 5.15 Å². The molecule has 0 spiro atoms. The minimum atomic E-state index is -0.296. The summed E-state index contributed by atoms with van der Waals surface area (Å²) in [6, 6.07) is 17.1. The molecule has 0 bridgehead atoms. The second-order valence-corrected chi connectivity index (χ2v) is 7.98. The zero-order valence-electron chi connectivity index (χ0n) is 15.9. The third-order valence-corrected chi connectivity index (χ3v) is 5.88. The number of thiazole rings is 1. The number of hydrogen-bond donors (Lipinski definition) is 1. The van der Waals surface area contributed by atoms with Crippen LogP contribution in [0, 0.1) is 6.92 Å². The number of benzene rings is 2. The van der Waals surface area contributed by atoms with Gasteiger partial charge in [0.15, 0.2) is 4.96 Å². The summed E-state index contributed by atoms with van der Waals surface area (Å²) in [4.78, 5) is 18.4. The molecule has 8 heteroatoms. The quantitative estimate of drug-likeness (QED) is 0.409. The first-order valence-corrected chi connectivity index (χ1v) is 10.5. The average Bonchev–Trinajstić information content (AvgIpc) is 3.43. The monoisotopic (exact) mass is 433 g/mol. The molecule has 3 heterocycles. The van der Waals surface area contributed by atoms with Crippen molar-refractivity contribution in [2.24, 2.45) is 0 Å². The van der Waals surface area contributed by atoms with Crippen molar-refractivity contribution in [3.63, 3.8) is 0 Å². The number of aromatic nitrogens is 4. The summed E-state index contributed by atoms with van der Waals surface area (Å²) in [6.07, 6.45) is 3.97. The normalized spacial score (nSPS) is 11.1. The molecule has 0 fully saturated rings. The molecule has 0 radical (unpaired) electrons. The molecule has 0 saturated carbocycles. The predicted octanol–water partition coefficient (Wildman–Crippen LogP) is 5.46. The smallest absolute Gasteiger partial charge is 0.260 e. The Morgan fingerprint density at radius 3 is 2.60 bits per heavy atom. The van der Waals surface area contributed by atoms with Crippen LogP contribution < -0.4 is 5.32 Å². The van der Waals surface area contributed by atoms with Gasteiger partial charge in [0.1, 0.15) is 10.7 Å². The zero-order chi connectivity index (χ0) is 20.7. The largest absolute Gasteiger partial charge is 0.322 e. The molecule has 6 nitrogen and oxygen atoms in total. The summed E-state index contributed by atoms with van der Waals surface area (Å²) in [5, 5.41) is 9.61. The van der Waals surface area contributed by atoms with Crippen molar-refractivity contribution in [1.29, 1.82) is 0 Å². The number of anilines is 1. The molecule has 148 valence electrons. The van der Waals surface area contributed by atoms with Gasteiger partial charge in [0.05, 0.1) is 17.1 Å². The number of nitrogens with zero attached hydrogens (tertiary/aromatic N) is 4. The fourth-order valence-electron chi connectivity index (χ4n) is 3.28. The topological polar surface area (TPSA) is 64.2 Å². The van der Waals surface area contributed by atoms with Crippen molar-refractivity contribution in [3.8, 4) is 16.9 Å². The maximum atomic E-state index is 12.9. The zero-order valence-corrected chi connectivity index (χ0v) is 17.5. The Morgan fingerprint density at radius 1 is 1.10 bits per heavy atom. The number of amides is 1. The summed E-state index contributed by atoms with van der Waals surface area (Å²) in [7, 11) is 0. The van der Waals surface area contributed by atoms with Crippen LogP contribution in [-0.4, -0.2) is 25.1 Å². The molecular formula is C22H16ClN5OS. The first-order chi connectivity index (χ1) is 14.6. The van der Waals surface area contributed by atoms with E-state index in [4.69, 9.17) is 11.6 Å². The van der Waals surface area contributed by atoms with Crippen LogP contribution in [0.1, 0.15) is 16.1 Å². The van der Waals surface area contributed by atoms with Crippen LogP contribution in [0.3, 0.4) is 0 Å². The van der Waals surface area contributed by atoms with E-state index < -0.39 is 0 Å². The van der Waals surface area contributed by atoms with E-state index in [1.807, 2.05) is 76.8 Å². The summed E-state index contributed by atoms with van der Waals surface area (Å²) in [5.41, 5.74) is 4.27. The van der Waals surface area contributed by atoms with E-state index in [0.29, 0.717) is 16.9 Å². The van der Waals surface area contributed by atoms with E-state index in [1.165, 1.54) is 0 Å². The highest BCUT2D eigenvalue weighted by Gasteiger charge is 2.21. The van der Waals surface area contributed by atoms with Crippen LogP contribution >= 0.6 is 22.9 Å². The molecule has 1 amide bonds. The molecule has 0 saturated heterocycles. The van der Waals surface area contributed by atoms with E-state index in [9.17, 15) is 4.79 Å². The summed E-state index contributed by atoms with van der Waals surface area (Å²) in [5.74, 6) is -0.296. The lowest BCUT2D eigenvalue weighted by Crippen LogP contribution is -2.13. The summed E-state index contributed by atoms with van der Waals surface area (Å²) >= 11 is 8.08. The van der Waals surface area contributed by atoms with E-state index in [2.05, 4.69) is 15.4 Å². The highest BCUT2D eigenvalue weighted by molar-refractivity contribution is 7.15. The molecule has 0 aliphatic heterocycles. The van der Waals surface area contributed by atoms with E-state index in [-0.39, 0.29) is 11.1 Å². The fraction of sp³-hybridized carbons (Fsp3) is 0.0455. The third-order valence-electron chi connectivity index (χ3n) is 4.76. The highest BCUT2D eigenvalue weighted by Crippen LogP contribution is 2.26. The van der Waals surface area contributed by atoms with Crippen molar-refractivity contribution < 1.29 is 4.79 Å². The third kappa shape index (κ3) is 3.28. The molecule has 0 atom stereocenters. The molecule has 5 rings (SSSR count). The Labute approximate surface area is 181 Å². The first-order valence-electron chi connectivity index (χ1n) is 9.25. The van der Waals surface area contributed by atoms with Crippen LogP contribution in [-0.2, 0) is 0 Å². The number of imidazole rings is 1. The van der Waals surface area contributed by atoms with Gasteiger partial charge in [0, 0.05) is 29.0 Å². The van der Waals surface area contributed by atoms with Crippen LogP contribution in [0.5, 0.6) is 0 Å². The van der Waals surface area contributed by atoms with Gasteiger partial charge in [-0.25, -0.2) is 9.67 Å². The number of aryl methyl sites for hydroxylation is 1. The molecule has 1 N–H and O–H groups in total. The number of para-hydroxylation sites is 1. The average molecular weight is 434 g/mol. The van der Waals surface area contributed by atoms with Crippen LogP contribution in [0.25, 0.3) is 21.9 Å². The van der Waals surface area contributed by atoms with Crippen LogP contribution in [0.4, 0.5) is 5.69 Å². The number of carbonyl (C=O) groups is 1. The number of carbonyl (C=O) groups excluding carboxylic acids is 1. The number of halogens is 1. The van der Waals surface area contributed by atoms with Gasteiger partial charge >= 0.3 is 0 Å². The molecule has 0 aliphatic rings. The van der Waals surface area contributed by atoms with Crippen LogP contribution in [0.15, 0.2) is 72.4 Å². The number of hydrogen-bond acceptors (Lipinski definition) is 4. The minimum absolute atomic E-state index is 0.283. The predicted molar refractivity (Wildman–Crippen MR) is 120 cm³/mol. The molecular weight excluding hydrogens is 418 g/mol. The molecule has 0 unspecified atom stereocenters. The van der Waals surface area contributed by atoms with Gasteiger partial charge in [-0.1, -0.05) is 41.9 Å². The number of rotatable bonds is 4. The molecule has 3 aromatic heterocycles. The first kappa shape index (κ1) is 18.6. The minimum Gasteiger partial charge on any atom is -0.322 e. The van der Waals surface area contributed by atoms with Crippen molar-refractivity contribution in [2.45, 2.75) is 6.92 Å². The van der Waals surface area contributed by atoms with E-state index in [1.54, 1.807) is 22.9 Å². The van der Waals surface area contributed by atoms with Gasteiger partial charge in [-0.15, -0.1) is 11.3 Å². The Balaban J connectivity index is 1.38. The number of nitrogens with one attached hydrogen (secondary N) is 1.